The second-order valence-corrected chi connectivity index (χ2v) is 5.67. The summed E-state index contributed by atoms with van der Waals surface area (Å²) in [6.07, 6.45) is 0. The van der Waals surface area contributed by atoms with Crippen molar-refractivity contribution >= 4 is 28.6 Å². The van der Waals surface area contributed by atoms with E-state index < -0.39 is 5.97 Å². The topological polar surface area (TPSA) is 39.2 Å². The first-order chi connectivity index (χ1) is 10.7. The maximum Gasteiger partial charge on any atom is 0.338 e. The van der Waals surface area contributed by atoms with Gasteiger partial charge in [0, 0.05) is 10.3 Å². The van der Waals surface area contributed by atoms with Crippen LogP contribution in [-0.4, -0.2) is 18.1 Å². The first-order valence-corrected chi connectivity index (χ1v) is 7.40. The Morgan fingerprint density at radius 1 is 1.14 bits per heavy atom. The smallest absolute Gasteiger partial charge is 0.338 e. The molecular formula is C17H12FNO2S. The van der Waals surface area contributed by atoms with Crippen LogP contribution in [0.25, 0.3) is 10.9 Å². The normalized spacial score (nSPS) is 10.6. The highest BCUT2D eigenvalue weighted by Gasteiger charge is 2.13. The zero-order valence-electron chi connectivity index (χ0n) is 11.7. The molecule has 0 unspecified atom stereocenters. The molecule has 3 aromatic rings. The summed E-state index contributed by atoms with van der Waals surface area (Å²) in [5, 5.41) is 1.35. The standard InChI is InChI=1S/C17H12FNO2S/c1-21-17(20)14-10-16(19-15-8-3-2-7-13(14)15)22-12-6-4-5-11(18)9-12/h2-10H,1H3. The summed E-state index contributed by atoms with van der Waals surface area (Å²) >= 11 is 1.30. The van der Waals surface area contributed by atoms with Crippen LogP contribution in [-0.2, 0) is 4.74 Å². The number of carbonyl (C=O) groups is 1. The van der Waals surface area contributed by atoms with Gasteiger partial charge in [-0.3, -0.25) is 0 Å². The predicted molar refractivity (Wildman–Crippen MR) is 83.6 cm³/mol. The second-order valence-electron chi connectivity index (χ2n) is 4.58. The van der Waals surface area contributed by atoms with Gasteiger partial charge in [-0.05, 0) is 30.3 Å². The summed E-state index contributed by atoms with van der Waals surface area (Å²) in [5.41, 5.74) is 1.15. The number of ether oxygens (including phenoxy) is 1. The molecule has 0 bridgehead atoms. The Bertz CT molecular complexity index is 851. The number of hydrogen-bond acceptors (Lipinski definition) is 4. The molecule has 0 amide bonds. The van der Waals surface area contributed by atoms with E-state index in [1.807, 2.05) is 24.3 Å². The lowest BCUT2D eigenvalue weighted by Crippen LogP contribution is -2.03. The van der Waals surface area contributed by atoms with Crippen molar-refractivity contribution in [1.82, 2.24) is 4.98 Å². The zero-order chi connectivity index (χ0) is 15.5. The Kier molecular flexibility index (Phi) is 4.06. The Labute approximate surface area is 131 Å². The van der Waals surface area contributed by atoms with Crippen molar-refractivity contribution < 1.29 is 13.9 Å². The number of nitrogens with zero attached hydrogens (tertiary/aromatic N) is 1. The Morgan fingerprint density at radius 3 is 2.73 bits per heavy atom. The molecule has 3 nitrogen and oxygen atoms in total. The zero-order valence-corrected chi connectivity index (χ0v) is 12.6. The molecule has 5 heteroatoms. The van der Waals surface area contributed by atoms with Gasteiger partial charge in [-0.1, -0.05) is 36.0 Å². The third-order valence-electron chi connectivity index (χ3n) is 3.12. The summed E-state index contributed by atoms with van der Waals surface area (Å²) in [6.45, 7) is 0. The van der Waals surface area contributed by atoms with Gasteiger partial charge in [-0.25, -0.2) is 14.2 Å². The summed E-state index contributed by atoms with van der Waals surface area (Å²) in [7, 11) is 1.34. The lowest BCUT2D eigenvalue weighted by atomic mass is 10.1. The fraction of sp³-hybridized carbons (Fsp3) is 0.0588. The molecular weight excluding hydrogens is 301 g/mol. The predicted octanol–water partition coefficient (Wildman–Crippen LogP) is 4.31. The van der Waals surface area contributed by atoms with Gasteiger partial charge in [0.15, 0.2) is 0 Å². The van der Waals surface area contributed by atoms with Crippen LogP contribution in [0.1, 0.15) is 10.4 Å². The van der Waals surface area contributed by atoms with Gasteiger partial charge < -0.3 is 4.74 Å². The molecule has 0 saturated carbocycles. The van der Waals surface area contributed by atoms with E-state index in [1.54, 1.807) is 18.2 Å². The number of halogens is 1. The monoisotopic (exact) mass is 313 g/mol. The molecule has 0 fully saturated rings. The average Bonchev–Trinajstić information content (AvgIpc) is 2.53. The first kappa shape index (κ1) is 14.5. The molecule has 2 aromatic carbocycles. The minimum atomic E-state index is -0.417. The Hall–Kier alpha value is -2.40. The first-order valence-electron chi connectivity index (χ1n) is 6.59. The SMILES string of the molecule is COC(=O)c1cc(Sc2cccc(F)c2)nc2ccccc12. The van der Waals surface area contributed by atoms with Gasteiger partial charge in [0.1, 0.15) is 10.8 Å². The van der Waals surface area contributed by atoms with E-state index in [9.17, 15) is 9.18 Å². The second kappa shape index (κ2) is 6.15. The van der Waals surface area contributed by atoms with E-state index in [1.165, 1.54) is 31.0 Å². The maximum atomic E-state index is 13.3. The van der Waals surface area contributed by atoms with Gasteiger partial charge in [0.2, 0.25) is 0 Å². The third kappa shape index (κ3) is 2.94. The summed E-state index contributed by atoms with van der Waals surface area (Å²) < 4.78 is 18.1. The molecule has 1 heterocycles. The molecule has 0 aliphatic rings. The molecule has 3 rings (SSSR count). The van der Waals surface area contributed by atoms with Crippen LogP contribution >= 0.6 is 11.8 Å². The molecule has 22 heavy (non-hydrogen) atoms. The van der Waals surface area contributed by atoms with Gasteiger partial charge in [0.25, 0.3) is 0 Å². The van der Waals surface area contributed by atoms with Crippen molar-refractivity contribution in [3.8, 4) is 0 Å². The largest absolute Gasteiger partial charge is 0.465 e. The number of carbonyl (C=O) groups excluding carboxylic acids is 1. The van der Waals surface area contributed by atoms with Crippen molar-refractivity contribution in [2.24, 2.45) is 0 Å². The van der Waals surface area contributed by atoms with E-state index in [-0.39, 0.29) is 5.82 Å². The number of para-hydroxylation sites is 1. The van der Waals surface area contributed by atoms with Crippen LogP contribution in [0.15, 0.2) is 64.5 Å². The molecule has 0 N–H and O–H groups in total. The number of fused-ring (bicyclic) bond motifs is 1. The van der Waals surface area contributed by atoms with E-state index in [4.69, 9.17) is 4.74 Å². The number of benzene rings is 2. The lowest BCUT2D eigenvalue weighted by molar-refractivity contribution is 0.0602. The third-order valence-corrected chi connectivity index (χ3v) is 4.02. The van der Waals surface area contributed by atoms with Crippen LogP contribution in [0, 0.1) is 5.82 Å². The lowest BCUT2D eigenvalue weighted by Gasteiger charge is -2.08. The molecule has 0 atom stereocenters. The van der Waals surface area contributed by atoms with E-state index in [0.29, 0.717) is 16.1 Å². The molecule has 110 valence electrons. The van der Waals surface area contributed by atoms with Gasteiger partial charge in [0.05, 0.1) is 18.2 Å². The van der Waals surface area contributed by atoms with Crippen molar-refractivity contribution in [3.63, 3.8) is 0 Å². The molecule has 0 radical (unpaired) electrons. The highest BCUT2D eigenvalue weighted by atomic mass is 32.2. The number of hydrogen-bond donors (Lipinski definition) is 0. The van der Waals surface area contributed by atoms with Crippen LogP contribution in [0.5, 0.6) is 0 Å². The van der Waals surface area contributed by atoms with Gasteiger partial charge >= 0.3 is 5.97 Å². The van der Waals surface area contributed by atoms with Crippen molar-refractivity contribution in [3.05, 3.63) is 66.0 Å². The Morgan fingerprint density at radius 2 is 1.95 bits per heavy atom. The van der Waals surface area contributed by atoms with E-state index in [0.717, 1.165) is 10.3 Å². The summed E-state index contributed by atoms with van der Waals surface area (Å²) in [5.74, 6) is -0.723. The van der Waals surface area contributed by atoms with E-state index in [2.05, 4.69) is 4.98 Å². The van der Waals surface area contributed by atoms with Crippen LogP contribution < -0.4 is 0 Å². The average molecular weight is 313 g/mol. The Balaban J connectivity index is 2.08. The summed E-state index contributed by atoms with van der Waals surface area (Å²) in [6, 6.07) is 15.3. The number of pyridine rings is 1. The fourth-order valence-corrected chi connectivity index (χ4v) is 3.01. The number of esters is 1. The van der Waals surface area contributed by atoms with Gasteiger partial charge in [-0.2, -0.15) is 0 Å². The number of rotatable bonds is 3. The number of aromatic nitrogens is 1. The quantitative estimate of drug-likeness (QED) is 0.675. The molecule has 0 spiro atoms. The van der Waals surface area contributed by atoms with E-state index >= 15 is 0 Å². The molecule has 0 aliphatic carbocycles. The highest BCUT2D eigenvalue weighted by Crippen LogP contribution is 2.30. The minimum absolute atomic E-state index is 0.306. The van der Waals surface area contributed by atoms with Crippen molar-refractivity contribution in [2.45, 2.75) is 9.92 Å². The van der Waals surface area contributed by atoms with Crippen molar-refractivity contribution in [2.75, 3.05) is 7.11 Å². The maximum absolute atomic E-state index is 13.3. The molecule has 0 saturated heterocycles. The highest BCUT2D eigenvalue weighted by molar-refractivity contribution is 7.99. The fourth-order valence-electron chi connectivity index (χ4n) is 2.13. The minimum Gasteiger partial charge on any atom is -0.465 e. The van der Waals surface area contributed by atoms with Crippen LogP contribution in [0.3, 0.4) is 0 Å². The van der Waals surface area contributed by atoms with Crippen molar-refractivity contribution in [1.29, 1.82) is 0 Å². The van der Waals surface area contributed by atoms with Gasteiger partial charge in [-0.15, -0.1) is 0 Å². The molecule has 0 aliphatic heterocycles. The van der Waals surface area contributed by atoms with Crippen LogP contribution in [0.4, 0.5) is 4.39 Å². The molecule has 1 aromatic heterocycles. The summed E-state index contributed by atoms with van der Waals surface area (Å²) in [4.78, 5) is 17.2. The van der Waals surface area contributed by atoms with Crippen LogP contribution in [0.2, 0.25) is 0 Å². The number of methoxy groups -OCH3 is 1.